The number of benzene rings is 1. The third kappa shape index (κ3) is 5.14. The number of nitrogens with zero attached hydrogens (tertiary/aromatic N) is 4. The Morgan fingerprint density at radius 3 is 2.68 bits per heavy atom. The van der Waals surface area contributed by atoms with Gasteiger partial charge < -0.3 is 14.7 Å². The fourth-order valence-corrected chi connectivity index (χ4v) is 3.06. The van der Waals surface area contributed by atoms with Gasteiger partial charge in [0.15, 0.2) is 0 Å². The molecule has 1 saturated heterocycles. The molecule has 1 aromatic heterocycles. The number of phenolic OH excluding ortho intramolecular Hbond substituents is 1. The van der Waals surface area contributed by atoms with Gasteiger partial charge in [0, 0.05) is 39.6 Å². The lowest BCUT2D eigenvalue weighted by molar-refractivity contribution is 0.121. The Morgan fingerprint density at radius 1 is 1.20 bits per heavy atom. The van der Waals surface area contributed by atoms with Gasteiger partial charge in [-0.3, -0.25) is 9.88 Å². The summed E-state index contributed by atoms with van der Waals surface area (Å²) in [6.45, 7) is 4.26. The zero-order valence-electron chi connectivity index (χ0n) is 14.9. The lowest BCUT2D eigenvalue weighted by atomic mass is 10.0. The predicted octanol–water partition coefficient (Wildman–Crippen LogP) is 1.94. The molecule has 0 saturated carbocycles. The van der Waals surface area contributed by atoms with Gasteiger partial charge in [-0.15, -0.1) is 0 Å². The van der Waals surface area contributed by atoms with E-state index in [1.165, 1.54) is 5.56 Å². The first kappa shape index (κ1) is 17.6. The number of aromatic hydroxyl groups is 1. The van der Waals surface area contributed by atoms with Gasteiger partial charge in [0.25, 0.3) is 0 Å². The Hall–Kier alpha value is -2.18. The number of anilines is 1. The molecule has 1 fully saturated rings. The maximum atomic E-state index is 9.42. The molecule has 2 aromatic rings. The Morgan fingerprint density at radius 2 is 2.00 bits per heavy atom. The fourth-order valence-electron chi connectivity index (χ4n) is 3.06. The van der Waals surface area contributed by atoms with Gasteiger partial charge in [0.05, 0.1) is 31.3 Å². The number of aromatic nitrogens is 2. The SMILES string of the molecule is CN(C)c1cnc(CC2COCCN(Cc3ccc(O)cc3)C2)cn1. The first-order valence-electron chi connectivity index (χ1n) is 8.66. The average Bonchev–Trinajstić information content (AvgIpc) is 2.82. The van der Waals surface area contributed by atoms with Crippen LogP contribution in [0.1, 0.15) is 11.3 Å². The number of ether oxygens (including phenoxy) is 1. The standard InChI is InChI=1S/C19H26N4O2/c1-22(2)19-11-20-17(10-21-19)9-16-13-23(7-8-25-14-16)12-15-3-5-18(24)6-4-15/h3-6,10-11,16,24H,7-9,12-14H2,1-2H3. The minimum Gasteiger partial charge on any atom is -0.508 e. The molecule has 1 unspecified atom stereocenters. The quantitative estimate of drug-likeness (QED) is 0.896. The minimum absolute atomic E-state index is 0.306. The van der Waals surface area contributed by atoms with Crippen LogP contribution < -0.4 is 4.90 Å². The third-order valence-electron chi connectivity index (χ3n) is 4.41. The van der Waals surface area contributed by atoms with Crippen LogP contribution in [-0.4, -0.2) is 60.4 Å². The minimum atomic E-state index is 0.306. The van der Waals surface area contributed by atoms with Crippen molar-refractivity contribution in [1.82, 2.24) is 14.9 Å². The molecule has 1 aliphatic heterocycles. The molecule has 6 nitrogen and oxygen atoms in total. The van der Waals surface area contributed by atoms with Crippen molar-refractivity contribution < 1.29 is 9.84 Å². The molecule has 1 aromatic carbocycles. The van der Waals surface area contributed by atoms with Gasteiger partial charge in [-0.1, -0.05) is 12.1 Å². The molecule has 134 valence electrons. The summed E-state index contributed by atoms with van der Waals surface area (Å²) in [6.07, 6.45) is 4.55. The molecule has 1 N–H and O–H groups in total. The molecular formula is C19H26N4O2. The van der Waals surface area contributed by atoms with Crippen molar-refractivity contribution in [2.45, 2.75) is 13.0 Å². The summed E-state index contributed by atoms with van der Waals surface area (Å²) >= 11 is 0. The second-order valence-corrected chi connectivity index (χ2v) is 6.81. The molecule has 0 bridgehead atoms. The van der Waals surface area contributed by atoms with E-state index in [4.69, 9.17) is 4.74 Å². The van der Waals surface area contributed by atoms with E-state index in [2.05, 4.69) is 14.9 Å². The van der Waals surface area contributed by atoms with E-state index in [1.807, 2.05) is 43.5 Å². The van der Waals surface area contributed by atoms with Gasteiger partial charge in [0.2, 0.25) is 0 Å². The first-order valence-corrected chi connectivity index (χ1v) is 8.66. The molecule has 25 heavy (non-hydrogen) atoms. The molecule has 1 atom stereocenters. The zero-order valence-corrected chi connectivity index (χ0v) is 14.9. The maximum absolute atomic E-state index is 9.42. The van der Waals surface area contributed by atoms with Crippen LogP contribution in [0.3, 0.4) is 0 Å². The van der Waals surface area contributed by atoms with Crippen molar-refractivity contribution in [1.29, 1.82) is 0 Å². The topological polar surface area (TPSA) is 61.7 Å². The van der Waals surface area contributed by atoms with Crippen molar-refractivity contribution >= 4 is 5.82 Å². The molecule has 0 amide bonds. The molecule has 0 aliphatic carbocycles. The monoisotopic (exact) mass is 342 g/mol. The smallest absolute Gasteiger partial charge is 0.146 e. The van der Waals surface area contributed by atoms with Crippen LogP contribution >= 0.6 is 0 Å². The van der Waals surface area contributed by atoms with Gasteiger partial charge in [-0.25, -0.2) is 4.98 Å². The van der Waals surface area contributed by atoms with Crippen molar-refractivity contribution in [3.63, 3.8) is 0 Å². The van der Waals surface area contributed by atoms with Crippen LogP contribution in [0.5, 0.6) is 5.75 Å². The summed E-state index contributed by atoms with van der Waals surface area (Å²) in [5.74, 6) is 1.58. The Bertz CT molecular complexity index is 658. The van der Waals surface area contributed by atoms with Crippen LogP contribution in [0.15, 0.2) is 36.7 Å². The Balaban J connectivity index is 1.60. The van der Waals surface area contributed by atoms with Crippen LogP contribution in [0.25, 0.3) is 0 Å². The third-order valence-corrected chi connectivity index (χ3v) is 4.41. The van der Waals surface area contributed by atoms with Crippen molar-refractivity contribution in [2.75, 3.05) is 45.3 Å². The lowest BCUT2D eigenvalue weighted by Gasteiger charge is -2.23. The van der Waals surface area contributed by atoms with Crippen LogP contribution in [0.4, 0.5) is 5.82 Å². The van der Waals surface area contributed by atoms with E-state index >= 15 is 0 Å². The number of hydrogen-bond acceptors (Lipinski definition) is 6. The van der Waals surface area contributed by atoms with E-state index in [9.17, 15) is 5.11 Å². The van der Waals surface area contributed by atoms with Gasteiger partial charge >= 0.3 is 0 Å². The number of phenols is 1. The summed E-state index contributed by atoms with van der Waals surface area (Å²) in [6, 6.07) is 7.43. The molecule has 2 heterocycles. The van der Waals surface area contributed by atoms with E-state index in [0.29, 0.717) is 11.7 Å². The molecule has 1 aliphatic rings. The number of rotatable bonds is 5. The Kier molecular flexibility index (Phi) is 5.83. The van der Waals surface area contributed by atoms with Crippen LogP contribution in [-0.2, 0) is 17.7 Å². The van der Waals surface area contributed by atoms with Crippen molar-refractivity contribution in [2.24, 2.45) is 5.92 Å². The molecular weight excluding hydrogens is 316 g/mol. The summed E-state index contributed by atoms with van der Waals surface area (Å²) in [5.41, 5.74) is 2.21. The van der Waals surface area contributed by atoms with Gasteiger partial charge in [-0.05, 0) is 24.1 Å². The van der Waals surface area contributed by atoms with Crippen molar-refractivity contribution in [3.8, 4) is 5.75 Å². The van der Waals surface area contributed by atoms with Gasteiger partial charge in [0.1, 0.15) is 11.6 Å². The average molecular weight is 342 g/mol. The highest BCUT2D eigenvalue weighted by atomic mass is 16.5. The normalized spacial score (nSPS) is 18.7. The fraction of sp³-hybridized carbons (Fsp3) is 0.474. The Labute approximate surface area is 149 Å². The lowest BCUT2D eigenvalue weighted by Crippen LogP contribution is -2.30. The second kappa shape index (κ2) is 8.27. The van der Waals surface area contributed by atoms with E-state index in [-0.39, 0.29) is 0 Å². The zero-order chi connectivity index (χ0) is 17.6. The maximum Gasteiger partial charge on any atom is 0.146 e. The largest absolute Gasteiger partial charge is 0.508 e. The number of hydrogen-bond donors (Lipinski definition) is 1. The highest BCUT2D eigenvalue weighted by Crippen LogP contribution is 2.17. The summed E-state index contributed by atoms with van der Waals surface area (Å²) < 4.78 is 5.79. The molecule has 6 heteroatoms. The predicted molar refractivity (Wildman–Crippen MR) is 97.8 cm³/mol. The molecule has 3 rings (SSSR count). The molecule has 0 radical (unpaired) electrons. The van der Waals surface area contributed by atoms with E-state index in [0.717, 1.165) is 50.8 Å². The van der Waals surface area contributed by atoms with Crippen LogP contribution in [0, 0.1) is 5.92 Å². The highest BCUT2D eigenvalue weighted by molar-refractivity contribution is 5.33. The summed E-state index contributed by atoms with van der Waals surface area (Å²) in [4.78, 5) is 13.3. The summed E-state index contributed by atoms with van der Waals surface area (Å²) in [5, 5.41) is 9.42. The second-order valence-electron chi connectivity index (χ2n) is 6.81. The van der Waals surface area contributed by atoms with E-state index in [1.54, 1.807) is 12.1 Å². The van der Waals surface area contributed by atoms with Gasteiger partial charge in [-0.2, -0.15) is 0 Å². The highest BCUT2D eigenvalue weighted by Gasteiger charge is 2.20. The van der Waals surface area contributed by atoms with Crippen LogP contribution in [0.2, 0.25) is 0 Å². The molecule has 0 spiro atoms. The first-order chi connectivity index (χ1) is 12.1. The van der Waals surface area contributed by atoms with E-state index < -0.39 is 0 Å². The summed E-state index contributed by atoms with van der Waals surface area (Å²) in [7, 11) is 3.92. The van der Waals surface area contributed by atoms with Crippen molar-refractivity contribution in [3.05, 3.63) is 47.9 Å².